The summed E-state index contributed by atoms with van der Waals surface area (Å²) in [6, 6.07) is 8.97. The van der Waals surface area contributed by atoms with E-state index in [1.165, 1.54) is 11.1 Å². The van der Waals surface area contributed by atoms with E-state index in [2.05, 4.69) is 89.3 Å². The Bertz CT molecular complexity index is 543. The van der Waals surface area contributed by atoms with Gasteiger partial charge in [0, 0.05) is 24.4 Å². The normalized spacial score (nSPS) is 12.1. The van der Waals surface area contributed by atoms with Crippen molar-refractivity contribution in [2.24, 2.45) is 5.41 Å². The number of likely N-dealkylation sites (N-methyl/N-ethyl adjacent to an activating group) is 1. The Labute approximate surface area is 143 Å². The van der Waals surface area contributed by atoms with E-state index < -0.39 is 0 Å². The Kier molecular flexibility index (Phi) is 8.53. The molecule has 122 valence electrons. The van der Waals surface area contributed by atoms with Gasteiger partial charge in [-0.2, -0.15) is 0 Å². The van der Waals surface area contributed by atoms with Crippen LogP contribution < -0.4 is 0 Å². The number of hydrogen-bond donors (Lipinski definition) is 0. The lowest BCUT2D eigenvalue weighted by atomic mass is 9.97. The van der Waals surface area contributed by atoms with E-state index >= 15 is 0 Å². The lowest BCUT2D eigenvalue weighted by Gasteiger charge is -2.24. The summed E-state index contributed by atoms with van der Waals surface area (Å²) in [5.41, 5.74) is 3.76. The van der Waals surface area contributed by atoms with Crippen molar-refractivity contribution in [3.63, 3.8) is 0 Å². The maximum atomic E-state index is 4.23. The van der Waals surface area contributed by atoms with Crippen LogP contribution in [0.3, 0.4) is 0 Å². The highest BCUT2D eigenvalue weighted by Gasteiger charge is 2.11. The zero-order chi connectivity index (χ0) is 16.0. The van der Waals surface area contributed by atoms with Crippen molar-refractivity contribution in [3.05, 3.63) is 42.0 Å². The van der Waals surface area contributed by atoms with Crippen LogP contribution in [-0.4, -0.2) is 24.5 Å². The van der Waals surface area contributed by atoms with E-state index in [1.54, 1.807) is 0 Å². The standard InChI is InChI=1S/C20H29N.ClH/c1-16-10-8-12-19(14-16)17(2)15-21(7)18(3)11-9-13-20(4,5)6;/h8,10,12,14,18H,2,11,15H2,1,3-7H3;1H. The topological polar surface area (TPSA) is 3.24 Å². The number of hydrogen-bond acceptors (Lipinski definition) is 1. The van der Waals surface area contributed by atoms with Crippen molar-refractivity contribution in [1.29, 1.82) is 0 Å². The third-order valence-electron chi connectivity index (χ3n) is 3.48. The summed E-state index contributed by atoms with van der Waals surface area (Å²) in [7, 11) is 2.14. The third kappa shape index (κ3) is 7.69. The number of aryl methyl sites for hydroxylation is 1. The summed E-state index contributed by atoms with van der Waals surface area (Å²) in [6.45, 7) is 15.9. The Hall–Kier alpha value is -1.23. The monoisotopic (exact) mass is 319 g/mol. The number of nitrogens with zero attached hydrogens (tertiary/aromatic N) is 1. The lowest BCUT2D eigenvalue weighted by Crippen LogP contribution is -2.30. The molecule has 0 heterocycles. The Morgan fingerprint density at radius 3 is 2.50 bits per heavy atom. The van der Waals surface area contributed by atoms with Gasteiger partial charge in [0.2, 0.25) is 0 Å². The van der Waals surface area contributed by atoms with Crippen molar-refractivity contribution < 1.29 is 0 Å². The molecule has 0 saturated carbocycles. The molecule has 0 saturated heterocycles. The summed E-state index contributed by atoms with van der Waals surface area (Å²) in [4.78, 5) is 2.32. The molecule has 0 amide bonds. The summed E-state index contributed by atoms with van der Waals surface area (Å²) in [5.74, 6) is 6.61. The summed E-state index contributed by atoms with van der Waals surface area (Å²) >= 11 is 0. The molecule has 0 fully saturated rings. The maximum Gasteiger partial charge on any atom is 0.0243 e. The van der Waals surface area contributed by atoms with Gasteiger partial charge in [-0.25, -0.2) is 0 Å². The summed E-state index contributed by atoms with van der Waals surface area (Å²) in [6.07, 6.45) is 0.898. The molecule has 1 unspecified atom stereocenters. The first-order chi connectivity index (χ1) is 9.69. The van der Waals surface area contributed by atoms with Crippen LogP contribution in [0.1, 0.15) is 45.2 Å². The van der Waals surface area contributed by atoms with Crippen LogP contribution in [-0.2, 0) is 0 Å². The van der Waals surface area contributed by atoms with E-state index in [9.17, 15) is 0 Å². The van der Waals surface area contributed by atoms with Crippen LogP contribution >= 0.6 is 12.4 Å². The van der Waals surface area contributed by atoms with Crippen LogP contribution in [0.25, 0.3) is 5.57 Å². The van der Waals surface area contributed by atoms with Crippen molar-refractivity contribution >= 4 is 18.0 Å². The quantitative estimate of drug-likeness (QED) is 0.675. The molecule has 22 heavy (non-hydrogen) atoms. The second-order valence-corrected chi connectivity index (χ2v) is 6.99. The molecule has 0 aliphatic rings. The SMILES string of the molecule is C=C(CN(C)C(C)CC#CC(C)(C)C)c1cccc(C)c1.Cl. The van der Waals surface area contributed by atoms with E-state index in [-0.39, 0.29) is 17.8 Å². The van der Waals surface area contributed by atoms with Crippen LogP contribution in [0.4, 0.5) is 0 Å². The van der Waals surface area contributed by atoms with Gasteiger partial charge in [-0.15, -0.1) is 18.3 Å². The maximum absolute atomic E-state index is 4.23. The van der Waals surface area contributed by atoms with Gasteiger partial charge < -0.3 is 0 Å². The first kappa shape index (κ1) is 20.8. The number of halogens is 1. The van der Waals surface area contributed by atoms with Crippen LogP contribution in [0, 0.1) is 24.2 Å². The molecule has 1 rings (SSSR count). The van der Waals surface area contributed by atoms with E-state index in [0.717, 1.165) is 18.5 Å². The molecule has 1 aromatic rings. The van der Waals surface area contributed by atoms with Crippen molar-refractivity contribution in [2.45, 2.75) is 47.1 Å². The van der Waals surface area contributed by atoms with Gasteiger partial charge in [-0.3, -0.25) is 4.90 Å². The molecule has 0 aromatic heterocycles. The van der Waals surface area contributed by atoms with Crippen LogP contribution in [0.5, 0.6) is 0 Å². The van der Waals surface area contributed by atoms with Crippen molar-refractivity contribution in [1.82, 2.24) is 4.90 Å². The number of benzene rings is 1. The minimum Gasteiger partial charge on any atom is -0.298 e. The van der Waals surface area contributed by atoms with Gasteiger partial charge in [0.1, 0.15) is 0 Å². The molecule has 0 bridgehead atoms. The van der Waals surface area contributed by atoms with E-state index in [1.807, 2.05) is 0 Å². The fourth-order valence-electron chi connectivity index (χ4n) is 2.03. The second-order valence-electron chi connectivity index (χ2n) is 6.99. The zero-order valence-corrected chi connectivity index (χ0v) is 15.7. The zero-order valence-electron chi connectivity index (χ0n) is 14.9. The molecule has 0 aliphatic heterocycles. The lowest BCUT2D eigenvalue weighted by molar-refractivity contribution is 0.292. The summed E-state index contributed by atoms with van der Waals surface area (Å²) < 4.78 is 0. The fraction of sp³-hybridized carbons (Fsp3) is 0.500. The Morgan fingerprint density at radius 1 is 1.32 bits per heavy atom. The first-order valence-corrected chi connectivity index (χ1v) is 7.64. The molecule has 0 spiro atoms. The predicted octanol–water partition coefficient (Wildman–Crippen LogP) is 5.19. The molecule has 2 heteroatoms. The van der Waals surface area contributed by atoms with E-state index in [0.29, 0.717) is 6.04 Å². The third-order valence-corrected chi connectivity index (χ3v) is 3.48. The Balaban J connectivity index is 0.00000441. The van der Waals surface area contributed by atoms with Crippen molar-refractivity contribution in [3.8, 4) is 11.8 Å². The highest BCUT2D eigenvalue weighted by atomic mass is 35.5. The molecule has 0 radical (unpaired) electrons. The average molecular weight is 320 g/mol. The van der Waals surface area contributed by atoms with Gasteiger partial charge in [0.05, 0.1) is 0 Å². The smallest absolute Gasteiger partial charge is 0.0243 e. The molecular formula is C20H30ClN. The van der Waals surface area contributed by atoms with Crippen molar-refractivity contribution in [2.75, 3.05) is 13.6 Å². The van der Waals surface area contributed by atoms with E-state index in [4.69, 9.17) is 0 Å². The largest absolute Gasteiger partial charge is 0.298 e. The first-order valence-electron chi connectivity index (χ1n) is 7.64. The highest BCUT2D eigenvalue weighted by Crippen LogP contribution is 2.16. The highest BCUT2D eigenvalue weighted by molar-refractivity contribution is 5.85. The number of rotatable bonds is 5. The fourth-order valence-corrected chi connectivity index (χ4v) is 2.03. The molecule has 1 nitrogen and oxygen atoms in total. The molecule has 1 aromatic carbocycles. The van der Waals surface area contributed by atoms with Gasteiger partial charge in [-0.1, -0.05) is 42.3 Å². The molecular weight excluding hydrogens is 290 g/mol. The molecule has 1 atom stereocenters. The van der Waals surface area contributed by atoms with Gasteiger partial charge in [-0.05, 0) is 52.8 Å². The van der Waals surface area contributed by atoms with Gasteiger partial charge >= 0.3 is 0 Å². The van der Waals surface area contributed by atoms with Crippen LogP contribution in [0.2, 0.25) is 0 Å². The molecule has 0 aliphatic carbocycles. The van der Waals surface area contributed by atoms with Gasteiger partial charge in [0.25, 0.3) is 0 Å². The van der Waals surface area contributed by atoms with Crippen LogP contribution in [0.15, 0.2) is 30.8 Å². The second kappa shape index (κ2) is 9.03. The van der Waals surface area contributed by atoms with Gasteiger partial charge in [0.15, 0.2) is 0 Å². The average Bonchev–Trinajstić information content (AvgIpc) is 2.36. The minimum atomic E-state index is 0. The Morgan fingerprint density at radius 2 is 1.95 bits per heavy atom. The summed E-state index contributed by atoms with van der Waals surface area (Å²) in [5, 5.41) is 0. The molecule has 0 N–H and O–H groups in total. The minimum absolute atomic E-state index is 0. The predicted molar refractivity (Wildman–Crippen MR) is 101 cm³/mol.